The van der Waals surface area contributed by atoms with Gasteiger partial charge >= 0.3 is 0 Å². The van der Waals surface area contributed by atoms with Gasteiger partial charge < -0.3 is 20.0 Å². The number of carbonyl (C=O) groups excluding carboxylic acids is 2. The Hall–Kier alpha value is -1.99. The second kappa shape index (κ2) is 11.6. The number of hydrogen-bond donors (Lipinski definition) is 2. The number of ether oxygens (including phenoxy) is 1. The van der Waals surface area contributed by atoms with Crippen molar-refractivity contribution < 1.29 is 29.4 Å². The van der Waals surface area contributed by atoms with E-state index in [1.807, 2.05) is 31.0 Å². The first-order valence-corrected chi connectivity index (χ1v) is 11.1. The van der Waals surface area contributed by atoms with Crippen LogP contribution in [0.3, 0.4) is 0 Å². The highest BCUT2D eigenvalue weighted by Gasteiger charge is 2.28. The van der Waals surface area contributed by atoms with Crippen molar-refractivity contribution in [3.05, 3.63) is 39.4 Å². The summed E-state index contributed by atoms with van der Waals surface area (Å²) in [6.07, 6.45) is 0.797. The zero-order valence-electron chi connectivity index (χ0n) is 17.6. The van der Waals surface area contributed by atoms with Gasteiger partial charge in [-0.3, -0.25) is 14.5 Å². The molecule has 1 aromatic carbocycles. The first-order chi connectivity index (χ1) is 14.6. The molecule has 0 aromatic heterocycles. The molecule has 11 heteroatoms. The molecule has 1 aliphatic rings. The van der Waals surface area contributed by atoms with Gasteiger partial charge in [-0.15, -0.1) is 10.1 Å². The lowest BCUT2D eigenvalue weighted by atomic mass is 10.1. The number of nitrogens with one attached hydrogen (secondary N) is 1. The Labute approximate surface area is 194 Å². The van der Waals surface area contributed by atoms with E-state index in [2.05, 4.69) is 32.7 Å². The number of alkyl halides is 1. The van der Waals surface area contributed by atoms with Gasteiger partial charge in [0, 0.05) is 25.9 Å². The summed E-state index contributed by atoms with van der Waals surface area (Å²) < 4.78 is 5.26. The molecule has 2 unspecified atom stereocenters. The van der Waals surface area contributed by atoms with Crippen LogP contribution >= 0.6 is 22.6 Å². The van der Waals surface area contributed by atoms with Crippen LogP contribution in [0, 0.1) is 10.1 Å². The van der Waals surface area contributed by atoms with Crippen LogP contribution in [0.15, 0.2) is 18.2 Å². The molecule has 0 spiro atoms. The normalized spacial score (nSPS) is 15.8. The standard InChI is InChI=1S/C20H28IN3O7/c1-20(21,13-22-18(27)7-4-10-31-24(28)29)23(2)11-15(25)12-30-17-6-3-5-14-8-9-16(26)19(14)17/h3,5-6,15,25H,4,7-13H2,1-2H3,(H,22,27). The maximum absolute atomic E-state index is 12.1. The van der Waals surface area contributed by atoms with Gasteiger partial charge in [-0.05, 0) is 38.4 Å². The number of halogens is 1. The van der Waals surface area contributed by atoms with E-state index in [-0.39, 0.29) is 37.7 Å². The number of aryl methyl sites for hydroxylation is 1. The Bertz CT molecular complexity index is 803. The highest BCUT2D eigenvalue weighted by molar-refractivity contribution is 14.1. The predicted octanol–water partition coefficient (Wildman–Crippen LogP) is 1.74. The average Bonchev–Trinajstić information content (AvgIpc) is 3.09. The zero-order valence-corrected chi connectivity index (χ0v) is 19.8. The van der Waals surface area contributed by atoms with E-state index in [9.17, 15) is 24.8 Å². The molecular formula is C20H28IN3O7. The lowest BCUT2D eigenvalue weighted by molar-refractivity contribution is -0.757. The number of likely N-dealkylation sites (N-methyl/N-ethyl adjacent to an activating group) is 1. The number of hydrogen-bond acceptors (Lipinski definition) is 8. The number of aliphatic hydroxyl groups excluding tert-OH is 1. The van der Waals surface area contributed by atoms with E-state index >= 15 is 0 Å². The number of Topliss-reactive ketones (excluding diaryl/α,β-unsaturated/α-hetero) is 1. The van der Waals surface area contributed by atoms with E-state index in [0.717, 1.165) is 12.0 Å². The molecule has 172 valence electrons. The molecule has 0 saturated carbocycles. The van der Waals surface area contributed by atoms with E-state index in [0.29, 0.717) is 30.8 Å². The number of aliphatic hydroxyl groups is 1. The lowest BCUT2D eigenvalue weighted by Crippen LogP contribution is -2.50. The van der Waals surface area contributed by atoms with Crippen molar-refractivity contribution in [1.82, 2.24) is 10.2 Å². The molecule has 2 atom stereocenters. The summed E-state index contributed by atoms with van der Waals surface area (Å²) in [6, 6.07) is 5.51. The Kier molecular flexibility index (Phi) is 9.44. The Morgan fingerprint density at radius 3 is 2.90 bits per heavy atom. The fourth-order valence-corrected chi connectivity index (χ4v) is 3.58. The van der Waals surface area contributed by atoms with Gasteiger partial charge in [-0.2, -0.15) is 0 Å². The lowest BCUT2D eigenvalue weighted by Gasteiger charge is -2.35. The van der Waals surface area contributed by atoms with Crippen molar-refractivity contribution >= 4 is 34.3 Å². The number of nitrogens with zero attached hydrogens (tertiary/aromatic N) is 2. The second-order valence-electron chi connectivity index (χ2n) is 7.64. The summed E-state index contributed by atoms with van der Waals surface area (Å²) in [6.45, 7) is 2.47. The van der Waals surface area contributed by atoms with Crippen molar-refractivity contribution in [2.45, 2.75) is 42.3 Å². The molecule has 0 bridgehead atoms. The number of ketones is 1. The van der Waals surface area contributed by atoms with Crippen molar-refractivity contribution in [2.75, 3.05) is 33.4 Å². The van der Waals surface area contributed by atoms with Gasteiger partial charge in [0.2, 0.25) is 5.91 Å². The second-order valence-corrected chi connectivity index (χ2v) is 9.96. The Morgan fingerprint density at radius 2 is 2.19 bits per heavy atom. The van der Waals surface area contributed by atoms with E-state index in [4.69, 9.17) is 4.74 Å². The molecule has 0 radical (unpaired) electrons. The van der Waals surface area contributed by atoms with E-state index in [1.165, 1.54) is 0 Å². The SMILES string of the molecule is CN(CC(O)COc1cccc2c1C(=O)CC2)C(C)(I)CNC(=O)CCCO[N+](=O)[O-]. The molecule has 1 amide bonds. The average molecular weight is 549 g/mol. The first-order valence-electron chi connectivity index (χ1n) is 10.00. The molecule has 0 saturated heterocycles. The highest BCUT2D eigenvalue weighted by atomic mass is 127. The number of amides is 1. The molecule has 2 N–H and O–H groups in total. The summed E-state index contributed by atoms with van der Waals surface area (Å²) in [5, 5.41) is 22.4. The van der Waals surface area contributed by atoms with Crippen molar-refractivity contribution in [3.8, 4) is 5.75 Å². The monoisotopic (exact) mass is 549 g/mol. The van der Waals surface area contributed by atoms with Crippen LogP contribution in [0.2, 0.25) is 0 Å². The molecule has 2 rings (SSSR count). The van der Waals surface area contributed by atoms with Crippen molar-refractivity contribution in [2.24, 2.45) is 0 Å². The van der Waals surface area contributed by atoms with E-state index in [1.54, 1.807) is 6.07 Å². The van der Waals surface area contributed by atoms with Crippen LogP contribution < -0.4 is 10.1 Å². The number of rotatable bonds is 13. The minimum absolute atomic E-state index is 0.0452. The minimum atomic E-state index is -0.882. The molecule has 10 nitrogen and oxygen atoms in total. The third-order valence-electron chi connectivity index (χ3n) is 5.08. The predicted molar refractivity (Wildman–Crippen MR) is 121 cm³/mol. The zero-order chi connectivity index (χ0) is 23.0. The summed E-state index contributed by atoms with van der Waals surface area (Å²) >= 11 is 2.19. The van der Waals surface area contributed by atoms with Crippen LogP contribution in [0.25, 0.3) is 0 Å². The summed E-state index contributed by atoms with van der Waals surface area (Å²) in [7, 11) is 1.83. The van der Waals surface area contributed by atoms with Gasteiger partial charge in [0.25, 0.3) is 5.09 Å². The van der Waals surface area contributed by atoms with Gasteiger partial charge in [0.15, 0.2) is 5.78 Å². The van der Waals surface area contributed by atoms with Crippen LogP contribution in [0.4, 0.5) is 0 Å². The smallest absolute Gasteiger partial charge is 0.294 e. The number of benzene rings is 1. The minimum Gasteiger partial charge on any atom is -0.490 e. The van der Waals surface area contributed by atoms with Gasteiger partial charge in [0.1, 0.15) is 18.5 Å². The molecule has 0 fully saturated rings. The third-order valence-corrected chi connectivity index (χ3v) is 6.28. The largest absolute Gasteiger partial charge is 0.490 e. The first kappa shape index (κ1) is 25.3. The van der Waals surface area contributed by atoms with Gasteiger partial charge in [-0.25, -0.2) is 0 Å². The van der Waals surface area contributed by atoms with Gasteiger partial charge in [-0.1, -0.05) is 34.7 Å². The summed E-state index contributed by atoms with van der Waals surface area (Å²) in [5.41, 5.74) is 1.60. The van der Waals surface area contributed by atoms with Gasteiger partial charge in [0.05, 0.1) is 15.7 Å². The fourth-order valence-electron chi connectivity index (χ4n) is 3.20. The molecule has 1 aromatic rings. The third kappa shape index (κ3) is 7.89. The molecule has 0 heterocycles. The quantitative estimate of drug-likeness (QED) is 0.0951. The maximum atomic E-state index is 12.1. The maximum Gasteiger partial charge on any atom is 0.294 e. The van der Waals surface area contributed by atoms with Crippen LogP contribution in [-0.2, 0) is 16.1 Å². The van der Waals surface area contributed by atoms with Crippen LogP contribution in [0.1, 0.15) is 42.1 Å². The summed E-state index contributed by atoms with van der Waals surface area (Å²) in [4.78, 5) is 40.1. The summed E-state index contributed by atoms with van der Waals surface area (Å²) in [5.74, 6) is 0.347. The Balaban J connectivity index is 1.75. The number of fused-ring (bicyclic) bond motifs is 1. The van der Waals surface area contributed by atoms with Crippen molar-refractivity contribution in [3.63, 3.8) is 0 Å². The van der Waals surface area contributed by atoms with Crippen molar-refractivity contribution in [1.29, 1.82) is 0 Å². The van der Waals surface area contributed by atoms with Crippen LogP contribution in [0.5, 0.6) is 5.75 Å². The number of carbonyl (C=O) groups is 2. The molecule has 31 heavy (non-hydrogen) atoms. The van der Waals surface area contributed by atoms with Crippen LogP contribution in [-0.4, -0.2) is 69.8 Å². The molecule has 1 aliphatic carbocycles. The molecular weight excluding hydrogens is 521 g/mol. The fraction of sp³-hybridized carbons (Fsp3) is 0.600. The highest BCUT2D eigenvalue weighted by Crippen LogP contribution is 2.30. The molecule has 0 aliphatic heterocycles. The topological polar surface area (TPSA) is 131 Å². The van der Waals surface area contributed by atoms with E-state index < -0.39 is 14.7 Å². The Morgan fingerprint density at radius 1 is 1.45 bits per heavy atom.